The molecule has 0 radical (unpaired) electrons. The molecule has 4 aromatic rings. The standard InChI is InChI=1S/C28H32N8O5/c29-11-12-30-27(39)25-34-24(31-14-18(16-7-3-1-4-8-16)17-9-5-2-6-10-17)21-26(35-25)36(15-32-21)20-13-19(33-28(40)41)22(37)23(20)38/h1-10,15,18-20,22-23,33,37-38H,11-14,29H2,(H,30,39)(H,40,41)(H,31,34,35)/t19-,20+,22+,23-/m0/s1. The number of aliphatic hydroxyl groups excluding tert-OH is 2. The molecule has 2 heterocycles. The number of fused-ring (bicyclic) bond motifs is 1. The Balaban J connectivity index is 1.52. The molecule has 1 aliphatic carbocycles. The third-order valence-corrected chi connectivity index (χ3v) is 7.25. The number of carbonyl (C=O) groups excluding carboxylic acids is 1. The van der Waals surface area contributed by atoms with Gasteiger partial charge in [0.05, 0.1) is 18.4 Å². The molecule has 2 aromatic heterocycles. The Labute approximate surface area is 235 Å². The summed E-state index contributed by atoms with van der Waals surface area (Å²) in [5.74, 6) is -0.391. The summed E-state index contributed by atoms with van der Waals surface area (Å²) in [6.07, 6.45) is -2.41. The number of aromatic nitrogens is 4. The quantitative estimate of drug-likeness (QED) is 0.147. The van der Waals surface area contributed by atoms with Crippen LogP contribution in [0.1, 0.15) is 40.1 Å². The van der Waals surface area contributed by atoms with E-state index in [1.807, 2.05) is 60.7 Å². The predicted octanol–water partition coefficient (Wildman–Crippen LogP) is 1.06. The summed E-state index contributed by atoms with van der Waals surface area (Å²) in [6.45, 7) is 0.881. The van der Waals surface area contributed by atoms with Crippen LogP contribution in [0.4, 0.5) is 10.6 Å². The van der Waals surface area contributed by atoms with Crippen LogP contribution < -0.4 is 21.7 Å². The highest BCUT2D eigenvalue weighted by molar-refractivity contribution is 5.94. The van der Waals surface area contributed by atoms with Crippen molar-refractivity contribution in [2.75, 3.05) is 25.0 Å². The molecule has 1 aliphatic rings. The first-order chi connectivity index (χ1) is 19.9. The number of hydrogen-bond acceptors (Lipinski definition) is 9. The van der Waals surface area contributed by atoms with Gasteiger partial charge in [-0.3, -0.25) is 4.79 Å². The summed E-state index contributed by atoms with van der Waals surface area (Å²) in [7, 11) is 0. The number of aliphatic hydroxyl groups is 2. The van der Waals surface area contributed by atoms with Crippen LogP contribution in [-0.4, -0.2) is 84.7 Å². The smallest absolute Gasteiger partial charge is 0.404 e. The molecule has 1 fully saturated rings. The zero-order chi connectivity index (χ0) is 28.9. The number of nitrogens with two attached hydrogens (primary N) is 1. The molecule has 13 heteroatoms. The van der Waals surface area contributed by atoms with E-state index < -0.39 is 36.3 Å². The number of nitrogens with zero attached hydrogens (tertiary/aromatic N) is 4. The van der Waals surface area contributed by atoms with Crippen LogP contribution in [0.25, 0.3) is 11.2 Å². The van der Waals surface area contributed by atoms with Crippen LogP contribution in [-0.2, 0) is 0 Å². The van der Waals surface area contributed by atoms with Crippen molar-refractivity contribution in [1.29, 1.82) is 0 Å². The first-order valence-electron chi connectivity index (χ1n) is 13.3. The molecular formula is C28H32N8O5. The van der Waals surface area contributed by atoms with Crippen molar-refractivity contribution in [3.8, 4) is 0 Å². The minimum atomic E-state index is -1.34. The zero-order valence-corrected chi connectivity index (χ0v) is 22.1. The van der Waals surface area contributed by atoms with E-state index in [9.17, 15) is 19.8 Å². The van der Waals surface area contributed by atoms with E-state index in [4.69, 9.17) is 10.8 Å². The largest absolute Gasteiger partial charge is 0.465 e. The van der Waals surface area contributed by atoms with Gasteiger partial charge in [0.15, 0.2) is 11.5 Å². The van der Waals surface area contributed by atoms with E-state index in [1.165, 1.54) is 6.33 Å². The highest BCUT2D eigenvalue weighted by atomic mass is 16.4. The van der Waals surface area contributed by atoms with Gasteiger partial charge in [0.1, 0.15) is 17.7 Å². The molecule has 2 amide bonds. The predicted molar refractivity (Wildman–Crippen MR) is 151 cm³/mol. The molecule has 0 bridgehead atoms. The van der Waals surface area contributed by atoms with Crippen LogP contribution in [0.3, 0.4) is 0 Å². The molecule has 0 aliphatic heterocycles. The lowest BCUT2D eigenvalue weighted by atomic mass is 9.91. The number of amides is 2. The Hall–Kier alpha value is -4.59. The molecule has 1 saturated carbocycles. The maximum absolute atomic E-state index is 12.9. The van der Waals surface area contributed by atoms with Crippen LogP contribution >= 0.6 is 0 Å². The van der Waals surface area contributed by atoms with Crippen molar-refractivity contribution < 1.29 is 24.9 Å². The molecule has 41 heavy (non-hydrogen) atoms. The number of rotatable bonds is 10. The molecule has 0 spiro atoms. The van der Waals surface area contributed by atoms with Crippen molar-refractivity contribution in [2.24, 2.45) is 5.73 Å². The molecule has 0 saturated heterocycles. The lowest BCUT2D eigenvalue weighted by Gasteiger charge is -2.20. The number of anilines is 1. The first-order valence-corrected chi connectivity index (χ1v) is 13.3. The minimum absolute atomic E-state index is 0.0475. The molecule has 8 N–H and O–H groups in total. The van der Waals surface area contributed by atoms with Gasteiger partial charge in [-0.1, -0.05) is 60.7 Å². The highest BCUT2D eigenvalue weighted by Crippen LogP contribution is 2.34. The van der Waals surface area contributed by atoms with Crippen molar-refractivity contribution in [2.45, 2.75) is 36.6 Å². The van der Waals surface area contributed by atoms with Gasteiger partial charge in [0, 0.05) is 25.6 Å². The van der Waals surface area contributed by atoms with E-state index in [-0.39, 0.29) is 36.9 Å². The fourth-order valence-corrected chi connectivity index (χ4v) is 5.23. The Kier molecular flexibility index (Phi) is 8.38. The van der Waals surface area contributed by atoms with Crippen molar-refractivity contribution in [3.05, 3.63) is 83.9 Å². The molecule has 13 nitrogen and oxygen atoms in total. The number of hydrogen-bond donors (Lipinski definition) is 7. The van der Waals surface area contributed by atoms with E-state index in [1.54, 1.807) is 4.57 Å². The molecule has 214 valence electrons. The van der Waals surface area contributed by atoms with Gasteiger partial charge in [0.25, 0.3) is 5.91 Å². The van der Waals surface area contributed by atoms with Crippen LogP contribution in [0.2, 0.25) is 0 Å². The fraction of sp³-hybridized carbons (Fsp3) is 0.321. The Morgan fingerprint density at radius 2 is 1.66 bits per heavy atom. The molecule has 0 unspecified atom stereocenters. The summed E-state index contributed by atoms with van der Waals surface area (Å²) in [6, 6.07) is 18.3. The summed E-state index contributed by atoms with van der Waals surface area (Å²) in [5, 5.41) is 38.7. The van der Waals surface area contributed by atoms with Crippen molar-refractivity contribution in [1.82, 2.24) is 30.2 Å². The van der Waals surface area contributed by atoms with Crippen LogP contribution in [0.15, 0.2) is 67.0 Å². The van der Waals surface area contributed by atoms with Gasteiger partial charge in [0.2, 0.25) is 5.82 Å². The van der Waals surface area contributed by atoms with Gasteiger partial charge in [-0.2, -0.15) is 0 Å². The van der Waals surface area contributed by atoms with Crippen LogP contribution in [0, 0.1) is 0 Å². The van der Waals surface area contributed by atoms with Gasteiger partial charge in [-0.15, -0.1) is 0 Å². The van der Waals surface area contributed by atoms with Gasteiger partial charge >= 0.3 is 6.09 Å². The summed E-state index contributed by atoms with van der Waals surface area (Å²) in [4.78, 5) is 37.5. The zero-order valence-electron chi connectivity index (χ0n) is 22.1. The second kappa shape index (κ2) is 12.3. The normalized spacial score (nSPS) is 20.3. The maximum Gasteiger partial charge on any atom is 0.404 e. The third kappa shape index (κ3) is 5.96. The van der Waals surface area contributed by atoms with Gasteiger partial charge in [-0.25, -0.2) is 19.7 Å². The summed E-state index contributed by atoms with van der Waals surface area (Å²) in [5.41, 5.74) is 8.34. The first kappa shape index (κ1) is 28.0. The molecule has 2 aromatic carbocycles. The molecule has 4 atom stereocenters. The van der Waals surface area contributed by atoms with Gasteiger partial charge < -0.3 is 41.6 Å². The third-order valence-electron chi connectivity index (χ3n) is 7.25. The topological polar surface area (TPSA) is 201 Å². The van der Waals surface area contributed by atoms with E-state index >= 15 is 0 Å². The average molecular weight is 561 g/mol. The number of carbonyl (C=O) groups is 2. The van der Waals surface area contributed by atoms with Gasteiger partial charge in [-0.05, 0) is 17.5 Å². The van der Waals surface area contributed by atoms with Crippen molar-refractivity contribution >= 4 is 29.0 Å². The molecular weight excluding hydrogens is 528 g/mol. The lowest BCUT2D eigenvalue weighted by molar-refractivity contribution is 0.0146. The monoisotopic (exact) mass is 560 g/mol. The number of nitrogens with one attached hydrogen (secondary N) is 3. The minimum Gasteiger partial charge on any atom is -0.465 e. The second-order valence-electron chi connectivity index (χ2n) is 9.86. The second-order valence-corrected chi connectivity index (χ2v) is 9.86. The van der Waals surface area contributed by atoms with E-state index in [2.05, 4.69) is 30.9 Å². The Morgan fingerprint density at radius 1 is 1.00 bits per heavy atom. The number of carboxylic acid groups (broad SMARTS) is 1. The highest BCUT2D eigenvalue weighted by Gasteiger charge is 2.44. The SMILES string of the molecule is NCCNC(=O)c1nc(NCC(c2ccccc2)c2ccccc2)c2ncn([C@@H]3C[C@H](NC(=O)O)[C@@H](O)[C@H]3O)c2n1. The lowest BCUT2D eigenvalue weighted by Crippen LogP contribution is -2.42. The van der Waals surface area contributed by atoms with E-state index in [0.29, 0.717) is 17.9 Å². The molecule has 5 rings (SSSR count). The maximum atomic E-state index is 12.9. The fourth-order valence-electron chi connectivity index (χ4n) is 5.23. The number of benzene rings is 2. The van der Waals surface area contributed by atoms with Crippen molar-refractivity contribution in [3.63, 3.8) is 0 Å². The summed E-state index contributed by atoms with van der Waals surface area (Å²) < 4.78 is 1.55. The van der Waals surface area contributed by atoms with E-state index in [0.717, 1.165) is 11.1 Å². The van der Waals surface area contributed by atoms with Crippen LogP contribution in [0.5, 0.6) is 0 Å². The Morgan fingerprint density at radius 3 is 2.27 bits per heavy atom. The summed E-state index contributed by atoms with van der Waals surface area (Å²) >= 11 is 0. The average Bonchev–Trinajstić information content (AvgIpc) is 3.53. The number of imidazole rings is 1. The Bertz CT molecular complexity index is 1460.